The Kier molecular flexibility index (Phi) is 8.89. The highest BCUT2D eigenvalue weighted by Gasteiger charge is 2.17. The molecule has 0 amide bonds. The van der Waals surface area contributed by atoms with Gasteiger partial charge in [0.2, 0.25) is 0 Å². The molecule has 0 aliphatic heterocycles. The number of rotatable bonds is 9. The Balaban J connectivity index is 3.70. The summed E-state index contributed by atoms with van der Waals surface area (Å²) in [5.74, 6) is 0.708. The lowest BCUT2D eigenvalue weighted by Crippen LogP contribution is -2.15. The number of hydrogen-bond donors (Lipinski definition) is 1. The van der Waals surface area contributed by atoms with Gasteiger partial charge in [0.05, 0.1) is 0 Å². The van der Waals surface area contributed by atoms with Crippen molar-refractivity contribution in [3.8, 4) is 0 Å². The molecule has 0 fully saturated rings. The van der Waals surface area contributed by atoms with Gasteiger partial charge < -0.3 is 10.0 Å². The van der Waals surface area contributed by atoms with Gasteiger partial charge in [0.25, 0.3) is 0 Å². The quantitative estimate of drug-likeness (QED) is 0.626. The molecule has 1 atom stereocenters. The van der Waals surface area contributed by atoms with Crippen molar-refractivity contribution in [2.45, 2.75) is 59.3 Å². The van der Waals surface area contributed by atoms with Crippen LogP contribution in [0, 0.1) is 11.3 Å². The fraction of sp³-hybridized carbons (Fsp3) is 1.00. The van der Waals surface area contributed by atoms with E-state index in [4.69, 9.17) is 5.11 Å². The van der Waals surface area contributed by atoms with E-state index in [1.54, 1.807) is 0 Å². The maximum absolute atomic E-state index is 9.10. The molecule has 0 saturated carbocycles. The van der Waals surface area contributed by atoms with Crippen LogP contribution in [0.15, 0.2) is 0 Å². The molecule has 0 radical (unpaired) electrons. The minimum atomic E-state index is 0.346. The van der Waals surface area contributed by atoms with E-state index >= 15 is 0 Å². The van der Waals surface area contributed by atoms with Gasteiger partial charge in [-0.3, -0.25) is 0 Å². The topological polar surface area (TPSA) is 23.5 Å². The van der Waals surface area contributed by atoms with Crippen LogP contribution in [-0.4, -0.2) is 37.3 Å². The number of aliphatic hydroxyl groups is 1. The second-order valence-electron chi connectivity index (χ2n) is 6.80. The highest BCUT2D eigenvalue weighted by atomic mass is 16.3. The molecule has 2 heteroatoms. The van der Waals surface area contributed by atoms with E-state index in [0.29, 0.717) is 17.9 Å². The maximum Gasteiger partial charge on any atom is 0.0433 e. The Morgan fingerprint density at radius 3 is 2.12 bits per heavy atom. The van der Waals surface area contributed by atoms with Crippen molar-refractivity contribution in [1.29, 1.82) is 0 Å². The van der Waals surface area contributed by atoms with Crippen LogP contribution in [0.25, 0.3) is 0 Å². The molecule has 17 heavy (non-hydrogen) atoms. The van der Waals surface area contributed by atoms with E-state index in [0.717, 1.165) is 6.42 Å². The van der Waals surface area contributed by atoms with Crippen molar-refractivity contribution >= 4 is 0 Å². The second-order valence-corrected chi connectivity index (χ2v) is 6.80. The van der Waals surface area contributed by atoms with Crippen molar-refractivity contribution < 1.29 is 5.11 Å². The summed E-state index contributed by atoms with van der Waals surface area (Å²) >= 11 is 0. The fourth-order valence-electron chi connectivity index (χ4n) is 2.43. The summed E-state index contributed by atoms with van der Waals surface area (Å²) in [7, 11) is 4.27. The molecule has 0 aromatic carbocycles. The summed E-state index contributed by atoms with van der Waals surface area (Å²) in [6, 6.07) is 0. The van der Waals surface area contributed by atoms with Crippen LogP contribution >= 0.6 is 0 Å². The Labute approximate surface area is 108 Å². The van der Waals surface area contributed by atoms with Crippen molar-refractivity contribution in [3.05, 3.63) is 0 Å². The number of nitrogens with zero attached hydrogens (tertiary/aromatic N) is 1. The van der Waals surface area contributed by atoms with E-state index in [1.165, 1.54) is 38.6 Å². The summed E-state index contributed by atoms with van der Waals surface area (Å²) < 4.78 is 0. The first-order chi connectivity index (χ1) is 7.85. The lowest BCUT2D eigenvalue weighted by atomic mass is 9.81. The largest absolute Gasteiger partial charge is 0.396 e. The predicted octanol–water partition coefficient (Wildman–Crippen LogP) is 3.54. The molecule has 1 N–H and O–H groups in total. The zero-order valence-electron chi connectivity index (χ0n) is 12.6. The molecule has 0 spiro atoms. The summed E-state index contributed by atoms with van der Waals surface area (Å²) in [6.45, 7) is 8.43. The standard InChI is InChI=1S/C15H33NO/c1-15(2,3)13-14(10-12-17)9-7-6-8-11-16(4)5/h14,17H,6-13H2,1-5H3/t14-/m0/s1. The van der Waals surface area contributed by atoms with Gasteiger partial charge in [-0.1, -0.05) is 40.0 Å². The first-order valence-corrected chi connectivity index (χ1v) is 7.11. The van der Waals surface area contributed by atoms with Gasteiger partial charge in [0.1, 0.15) is 0 Å². The molecular formula is C15H33NO. The maximum atomic E-state index is 9.10. The van der Waals surface area contributed by atoms with Crippen LogP contribution in [0.5, 0.6) is 0 Å². The number of aliphatic hydroxyl groups excluding tert-OH is 1. The van der Waals surface area contributed by atoms with Crippen molar-refractivity contribution in [2.24, 2.45) is 11.3 Å². The predicted molar refractivity (Wildman–Crippen MR) is 76.3 cm³/mol. The van der Waals surface area contributed by atoms with Gasteiger partial charge in [0.15, 0.2) is 0 Å². The summed E-state index contributed by atoms with van der Waals surface area (Å²) in [4.78, 5) is 2.25. The van der Waals surface area contributed by atoms with E-state index in [1.807, 2.05) is 0 Å². The molecule has 0 aliphatic carbocycles. The normalized spacial score (nSPS) is 14.3. The van der Waals surface area contributed by atoms with Gasteiger partial charge in [-0.25, -0.2) is 0 Å². The van der Waals surface area contributed by atoms with E-state index in [9.17, 15) is 0 Å². The number of unbranched alkanes of at least 4 members (excludes halogenated alkanes) is 2. The lowest BCUT2D eigenvalue weighted by molar-refractivity contribution is 0.207. The molecule has 0 aromatic rings. The van der Waals surface area contributed by atoms with Crippen molar-refractivity contribution in [2.75, 3.05) is 27.2 Å². The molecule has 0 aliphatic rings. The highest BCUT2D eigenvalue weighted by Crippen LogP contribution is 2.29. The van der Waals surface area contributed by atoms with Crippen LogP contribution < -0.4 is 0 Å². The van der Waals surface area contributed by atoms with Crippen LogP contribution in [0.4, 0.5) is 0 Å². The Hall–Kier alpha value is -0.0800. The first-order valence-electron chi connectivity index (χ1n) is 7.11. The molecule has 0 unspecified atom stereocenters. The fourth-order valence-corrected chi connectivity index (χ4v) is 2.43. The van der Waals surface area contributed by atoms with Crippen LogP contribution in [0.3, 0.4) is 0 Å². The summed E-state index contributed by atoms with van der Waals surface area (Å²) in [5.41, 5.74) is 0.392. The Morgan fingerprint density at radius 1 is 1.00 bits per heavy atom. The van der Waals surface area contributed by atoms with E-state index in [-0.39, 0.29) is 0 Å². The second kappa shape index (κ2) is 8.93. The van der Waals surface area contributed by atoms with Crippen molar-refractivity contribution in [3.63, 3.8) is 0 Å². The van der Waals surface area contributed by atoms with Crippen LogP contribution in [-0.2, 0) is 0 Å². The van der Waals surface area contributed by atoms with Crippen LogP contribution in [0.1, 0.15) is 59.3 Å². The smallest absolute Gasteiger partial charge is 0.0433 e. The van der Waals surface area contributed by atoms with Gasteiger partial charge in [-0.15, -0.1) is 0 Å². The highest BCUT2D eigenvalue weighted by molar-refractivity contribution is 4.69. The van der Waals surface area contributed by atoms with Gasteiger partial charge in [0, 0.05) is 6.61 Å². The number of hydrogen-bond acceptors (Lipinski definition) is 2. The SMILES string of the molecule is CN(C)CCCCC[C@@H](CCO)CC(C)(C)C. The minimum absolute atomic E-state index is 0.346. The molecule has 2 nitrogen and oxygen atoms in total. The summed E-state index contributed by atoms with van der Waals surface area (Å²) in [5, 5.41) is 9.10. The molecule has 0 aromatic heterocycles. The Morgan fingerprint density at radius 2 is 1.65 bits per heavy atom. The summed E-state index contributed by atoms with van der Waals surface area (Å²) in [6.07, 6.45) is 7.44. The van der Waals surface area contributed by atoms with Crippen molar-refractivity contribution in [1.82, 2.24) is 4.90 Å². The van der Waals surface area contributed by atoms with Crippen LogP contribution in [0.2, 0.25) is 0 Å². The third-order valence-electron chi connectivity index (χ3n) is 3.16. The Bertz CT molecular complexity index is 172. The molecular weight excluding hydrogens is 210 g/mol. The average molecular weight is 243 g/mol. The molecule has 0 heterocycles. The third kappa shape index (κ3) is 12.2. The zero-order chi connectivity index (χ0) is 13.3. The molecule has 0 bridgehead atoms. The monoisotopic (exact) mass is 243 g/mol. The zero-order valence-corrected chi connectivity index (χ0v) is 12.6. The average Bonchev–Trinajstić information content (AvgIpc) is 2.14. The molecule has 0 saturated heterocycles. The minimum Gasteiger partial charge on any atom is -0.396 e. The van der Waals surface area contributed by atoms with E-state index in [2.05, 4.69) is 39.8 Å². The van der Waals surface area contributed by atoms with E-state index < -0.39 is 0 Å². The molecule has 0 rings (SSSR count). The first kappa shape index (κ1) is 16.9. The van der Waals surface area contributed by atoms with Gasteiger partial charge in [-0.05, 0) is 51.2 Å². The van der Waals surface area contributed by atoms with Gasteiger partial charge in [-0.2, -0.15) is 0 Å². The third-order valence-corrected chi connectivity index (χ3v) is 3.16. The lowest BCUT2D eigenvalue weighted by Gasteiger charge is -2.25. The van der Waals surface area contributed by atoms with Gasteiger partial charge >= 0.3 is 0 Å². The molecule has 104 valence electrons.